The fourth-order valence-electron chi connectivity index (χ4n) is 1.47. The molecule has 0 aromatic carbocycles. The first-order valence-corrected chi connectivity index (χ1v) is 7.09. The van der Waals surface area contributed by atoms with Crippen LogP contribution in [-0.2, 0) is 23.8 Å². The Kier molecular flexibility index (Phi) is 7.79. The molecule has 0 bridgehead atoms. The maximum atomic E-state index is 11.7. The lowest BCUT2D eigenvalue weighted by Gasteiger charge is -2.25. The van der Waals surface area contributed by atoms with Crippen LogP contribution < -0.4 is 0 Å². The second-order valence-electron chi connectivity index (χ2n) is 6.01. The molecule has 0 spiro atoms. The third kappa shape index (κ3) is 6.37. The van der Waals surface area contributed by atoms with Gasteiger partial charge in [-0.05, 0) is 48.0 Å². The number of hydrogen-bond donors (Lipinski definition) is 0. The van der Waals surface area contributed by atoms with Gasteiger partial charge in [-0.15, -0.1) is 0 Å². The molecule has 0 rings (SSSR count). The van der Waals surface area contributed by atoms with Crippen LogP contribution in [0.5, 0.6) is 0 Å². The lowest BCUT2D eigenvalue weighted by molar-refractivity contribution is -0.159. The zero-order chi connectivity index (χ0) is 15.8. The predicted molar refractivity (Wildman–Crippen MR) is 76.3 cm³/mol. The molecule has 5 heteroatoms. The van der Waals surface area contributed by atoms with Crippen LogP contribution in [0.3, 0.4) is 0 Å². The average Bonchev–Trinajstić information content (AvgIpc) is 2.35. The topological polar surface area (TPSA) is 61.8 Å². The molecular formula is C15H28O5. The fourth-order valence-corrected chi connectivity index (χ4v) is 1.47. The molecular weight excluding hydrogens is 260 g/mol. The van der Waals surface area contributed by atoms with E-state index in [0.29, 0.717) is 26.2 Å². The van der Waals surface area contributed by atoms with Gasteiger partial charge in [0.15, 0.2) is 0 Å². The molecule has 0 aliphatic rings. The molecule has 0 saturated carbocycles. The highest BCUT2D eigenvalue weighted by Gasteiger charge is 2.31. The van der Waals surface area contributed by atoms with Crippen molar-refractivity contribution in [2.24, 2.45) is 10.8 Å². The summed E-state index contributed by atoms with van der Waals surface area (Å²) in [4.78, 5) is 23.4. The van der Waals surface area contributed by atoms with Gasteiger partial charge in [0.05, 0.1) is 30.7 Å². The first-order valence-electron chi connectivity index (χ1n) is 7.09. The second-order valence-corrected chi connectivity index (χ2v) is 6.01. The van der Waals surface area contributed by atoms with Crippen LogP contribution in [0, 0.1) is 10.8 Å². The minimum Gasteiger partial charge on any atom is -0.466 e. The van der Waals surface area contributed by atoms with Gasteiger partial charge >= 0.3 is 11.9 Å². The quantitative estimate of drug-likeness (QED) is 0.482. The fraction of sp³-hybridized carbons (Fsp3) is 0.867. The third-order valence-corrected chi connectivity index (χ3v) is 2.99. The summed E-state index contributed by atoms with van der Waals surface area (Å²) in [6, 6.07) is 0. The summed E-state index contributed by atoms with van der Waals surface area (Å²) in [5.74, 6) is -0.502. The van der Waals surface area contributed by atoms with Crippen molar-refractivity contribution in [3.8, 4) is 0 Å². The molecule has 0 heterocycles. The van der Waals surface area contributed by atoms with E-state index >= 15 is 0 Å². The minimum atomic E-state index is -0.677. The maximum Gasteiger partial charge on any atom is 0.313 e. The van der Waals surface area contributed by atoms with E-state index in [-0.39, 0.29) is 18.5 Å². The molecule has 5 nitrogen and oxygen atoms in total. The van der Waals surface area contributed by atoms with Crippen molar-refractivity contribution in [1.29, 1.82) is 0 Å². The first-order chi connectivity index (χ1) is 9.17. The Morgan fingerprint density at radius 1 is 0.850 bits per heavy atom. The Morgan fingerprint density at radius 2 is 1.30 bits per heavy atom. The summed E-state index contributed by atoms with van der Waals surface area (Å²) in [5, 5.41) is 0. The smallest absolute Gasteiger partial charge is 0.313 e. The summed E-state index contributed by atoms with van der Waals surface area (Å²) >= 11 is 0. The van der Waals surface area contributed by atoms with Gasteiger partial charge in [-0.1, -0.05) is 0 Å². The summed E-state index contributed by atoms with van der Waals surface area (Å²) in [5.41, 5.74) is -1.26. The van der Waals surface area contributed by atoms with Crippen LogP contribution in [0.1, 0.15) is 48.0 Å². The predicted octanol–water partition coefficient (Wildman–Crippen LogP) is 2.57. The zero-order valence-corrected chi connectivity index (χ0v) is 13.6. The number of carbonyl (C=O) groups excluding carboxylic acids is 2. The first kappa shape index (κ1) is 18.9. The van der Waals surface area contributed by atoms with E-state index in [9.17, 15) is 9.59 Å². The van der Waals surface area contributed by atoms with E-state index < -0.39 is 10.8 Å². The van der Waals surface area contributed by atoms with Crippen molar-refractivity contribution < 1.29 is 23.8 Å². The molecule has 0 unspecified atom stereocenters. The number of esters is 2. The van der Waals surface area contributed by atoms with Crippen molar-refractivity contribution in [3.05, 3.63) is 0 Å². The molecule has 0 aliphatic carbocycles. The number of hydrogen-bond acceptors (Lipinski definition) is 5. The van der Waals surface area contributed by atoms with Crippen LogP contribution in [0.4, 0.5) is 0 Å². The molecule has 0 aromatic heterocycles. The van der Waals surface area contributed by atoms with Crippen molar-refractivity contribution in [1.82, 2.24) is 0 Å². The van der Waals surface area contributed by atoms with E-state index in [1.807, 2.05) is 13.8 Å². The second kappa shape index (κ2) is 8.25. The van der Waals surface area contributed by atoms with Crippen LogP contribution in [0.15, 0.2) is 0 Å². The molecule has 0 fully saturated rings. The van der Waals surface area contributed by atoms with Gasteiger partial charge in [0.1, 0.15) is 0 Å². The average molecular weight is 288 g/mol. The number of ether oxygens (including phenoxy) is 3. The Hall–Kier alpha value is -1.10. The van der Waals surface area contributed by atoms with Gasteiger partial charge in [-0.25, -0.2) is 0 Å². The van der Waals surface area contributed by atoms with Gasteiger partial charge in [0, 0.05) is 6.61 Å². The summed E-state index contributed by atoms with van der Waals surface area (Å²) in [7, 11) is 0. The van der Waals surface area contributed by atoms with E-state index in [1.165, 1.54) is 0 Å². The molecule has 0 atom stereocenters. The van der Waals surface area contributed by atoms with Crippen molar-refractivity contribution in [2.75, 3.05) is 26.4 Å². The molecule has 20 heavy (non-hydrogen) atoms. The molecule has 118 valence electrons. The molecule has 0 amide bonds. The van der Waals surface area contributed by atoms with Crippen LogP contribution in [-0.4, -0.2) is 38.4 Å². The molecule has 0 aromatic rings. The van der Waals surface area contributed by atoms with Gasteiger partial charge in [-0.3, -0.25) is 9.59 Å². The third-order valence-electron chi connectivity index (χ3n) is 2.99. The van der Waals surface area contributed by atoms with Crippen LogP contribution in [0.25, 0.3) is 0 Å². The lowest BCUT2D eigenvalue weighted by Crippen LogP contribution is -2.33. The molecule has 0 radical (unpaired) electrons. The number of rotatable bonds is 9. The van der Waals surface area contributed by atoms with E-state index in [2.05, 4.69) is 0 Å². The van der Waals surface area contributed by atoms with E-state index in [0.717, 1.165) is 0 Å². The van der Waals surface area contributed by atoms with Gasteiger partial charge in [-0.2, -0.15) is 0 Å². The Bertz CT molecular complexity index is 288. The highest BCUT2D eigenvalue weighted by molar-refractivity contribution is 5.76. The van der Waals surface area contributed by atoms with Crippen molar-refractivity contribution in [2.45, 2.75) is 48.0 Å². The normalized spacial score (nSPS) is 12.1. The SMILES string of the molecule is CCOC(=O)C(C)(C)CCOCC(C)(C)C(=O)OCC. The molecule has 0 N–H and O–H groups in total. The van der Waals surface area contributed by atoms with Gasteiger partial charge < -0.3 is 14.2 Å². The molecule has 0 aliphatic heterocycles. The van der Waals surface area contributed by atoms with Crippen molar-refractivity contribution >= 4 is 11.9 Å². The lowest BCUT2D eigenvalue weighted by atomic mass is 9.90. The highest BCUT2D eigenvalue weighted by Crippen LogP contribution is 2.23. The van der Waals surface area contributed by atoms with Gasteiger partial charge in [0.2, 0.25) is 0 Å². The van der Waals surface area contributed by atoms with E-state index in [1.54, 1.807) is 27.7 Å². The Labute approximate surface area is 122 Å². The summed E-state index contributed by atoms with van der Waals surface area (Å²) in [6.45, 7) is 12.2. The zero-order valence-electron chi connectivity index (χ0n) is 13.6. The monoisotopic (exact) mass is 288 g/mol. The van der Waals surface area contributed by atoms with Gasteiger partial charge in [0.25, 0.3) is 0 Å². The Morgan fingerprint density at radius 3 is 1.75 bits per heavy atom. The Balaban J connectivity index is 4.13. The maximum absolute atomic E-state index is 11.7. The van der Waals surface area contributed by atoms with Crippen LogP contribution in [0.2, 0.25) is 0 Å². The van der Waals surface area contributed by atoms with Crippen molar-refractivity contribution in [3.63, 3.8) is 0 Å². The number of carbonyl (C=O) groups is 2. The summed E-state index contributed by atoms with van der Waals surface area (Å²) in [6.07, 6.45) is 0.546. The highest BCUT2D eigenvalue weighted by atomic mass is 16.5. The minimum absolute atomic E-state index is 0.228. The standard InChI is InChI=1S/C15H28O5/c1-7-19-12(16)14(3,4)9-10-18-11-15(5,6)13(17)20-8-2/h7-11H2,1-6H3. The van der Waals surface area contributed by atoms with Crippen LogP contribution >= 0.6 is 0 Å². The summed E-state index contributed by atoms with van der Waals surface area (Å²) < 4.78 is 15.5. The largest absolute Gasteiger partial charge is 0.466 e. The van der Waals surface area contributed by atoms with E-state index in [4.69, 9.17) is 14.2 Å². The molecule has 0 saturated heterocycles.